The molecule has 23 heavy (non-hydrogen) atoms. The largest absolute Gasteiger partial charge is 0.493 e. The summed E-state index contributed by atoms with van der Waals surface area (Å²) >= 11 is 0. The van der Waals surface area contributed by atoms with Gasteiger partial charge in [-0.05, 0) is 36.8 Å². The average molecular weight is 315 g/mol. The number of benzene rings is 1. The Kier molecular flexibility index (Phi) is 5.80. The van der Waals surface area contributed by atoms with Crippen LogP contribution >= 0.6 is 0 Å². The normalized spacial score (nSPS) is 10.2. The fourth-order valence-electron chi connectivity index (χ4n) is 1.94. The summed E-state index contributed by atoms with van der Waals surface area (Å²) in [5.74, 6) is 1.31. The van der Waals surface area contributed by atoms with Crippen molar-refractivity contribution in [2.24, 2.45) is 0 Å². The van der Waals surface area contributed by atoms with Gasteiger partial charge in [-0.3, -0.25) is 4.79 Å². The Hall–Kier alpha value is -2.76. The minimum Gasteiger partial charge on any atom is -0.493 e. The minimum atomic E-state index is -0.255. The molecule has 0 saturated carbocycles. The number of unbranched alkanes of at least 4 members (excludes halogenated alkanes) is 1. The maximum atomic E-state index is 12.3. The van der Waals surface area contributed by atoms with Crippen LogP contribution in [0.2, 0.25) is 0 Å². The fraction of sp³-hybridized carbons (Fsp3) is 0.294. The standard InChI is InChI=1S/C17H21N3O3/c1-3-4-9-23-14-7-5-12(10-15(14)22-2)17(21)20-13-6-8-16(18)19-11-13/h5-8,10-11H,3-4,9H2,1-2H3,(H2,18,19)(H,20,21). The lowest BCUT2D eigenvalue weighted by atomic mass is 10.2. The van der Waals surface area contributed by atoms with Crippen molar-refractivity contribution < 1.29 is 14.3 Å². The Morgan fingerprint density at radius 2 is 2.09 bits per heavy atom. The zero-order valence-electron chi connectivity index (χ0n) is 13.3. The highest BCUT2D eigenvalue weighted by atomic mass is 16.5. The number of rotatable bonds is 7. The topological polar surface area (TPSA) is 86.5 Å². The van der Waals surface area contributed by atoms with Gasteiger partial charge in [-0.15, -0.1) is 0 Å². The number of carbonyl (C=O) groups excluding carboxylic acids is 1. The summed E-state index contributed by atoms with van der Waals surface area (Å²) in [6.45, 7) is 2.72. The van der Waals surface area contributed by atoms with E-state index in [1.54, 1.807) is 37.4 Å². The van der Waals surface area contributed by atoms with Crippen molar-refractivity contribution in [2.75, 3.05) is 24.8 Å². The fourth-order valence-corrected chi connectivity index (χ4v) is 1.94. The Bertz CT molecular complexity index is 657. The molecule has 3 N–H and O–H groups in total. The molecule has 1 amide bonds. The van der Waals surface area contributed by atoms with Gasteiger partial charge in [0.2, 0.25) is 0 Å². The first-order valence-electron chi connectivity index (χ1n) is 7.47. The SMILES string of the molecule is CCCCOc1ccc(C(=O)Nc2ccc(N)nc2)cc1OC. The Balaban J connectivity index is 2.09. The van der Waals surface area contributed by atoms with Crippen LogP contribution in [0.5, 0.6) is 11.5 Å². The van der Waals surface area contributed by atoms with Crippen molar-refractivity contribution in [1.82, 2.24) is 4.98 Å². The highest BCUT2D eigenvalue weighted by Gasteiger charge is 2.11. The lowest BCUT2D eigenvalue weighted by molar-refractivity contribution is 0.102. The number of carbonyl (C=O) groups is 1. The van der Waals surface area contributed by atoms with Crippen LogP contribution in [0.1, 0.15) is 30.1 Å². The van der Waals surface area contributed by atoms with Crippen molar-refractivity contribution in [3.63, 3.8) is 0 Å². The molecule has 0 fully saturated rings. The summed E-state index contributed by atoms with van der Waals surface area (Å²) in [5.41, 5.74) is 6.57. The van der Waals surface area contributed by atoms with Crippen molar-refractivity contribution in [3.8, 4) is 11.5 Å². The van der Waals surface area contributed by atoms with Crippen LogP contribution in [-0.2, 0) is 0 Å². The maximum absolute atomic E-state index is 12.3. The number of ether oxygens (including phenoxy) is 2. The van der Waals surface area contributed by atoms with Gasteiger partial charge in [-0.25, -0.2) is 4.98 Å². The van der Waals surface area contributed by atoms with Gasteiger partial charge >= 0.3 is 0 Å². The quantitative estimate of drug-likeness (QED) is 0.767. The van der Waals surface area contributed by atoms with Gasteiger partial charge in [0.15, 0.2) is 11.5 Å². The predicted octanol–water partition coefficient (Wildman–Crippen LogP) is 3.10. The monoisotopic (exact) mass is 315 g/mol. The first kappa shape index (κ1) is 16.6. The summed E-state index contributed by atoms with van der Waals surface area (Å²) in [7, 11) is 1.55. The number of hydrogen-bond acceptors (Lipinski definition) is 5. The highest BCUT2D eigenvalue weighted by Crippen LogP contribution is 2.28. The van der Waals surface area contributed by atoms with Gasteiger partial charge in [0.05, 0.1) is 25.6 Å². The molecule has 2 aromatic rings. The average Bonchev–Trinajstić information content (AvgIpc) is 2.57. The molecule has 6 nitrogen and oxygen atoms in total. The molecule has 2 rings (SSSR count). The number of nitrogen functional groups attached to an aromatic ring is 1. The molecule has 6 heteroatoms. The van der Waals surface area contributed by atoms with Crippen LogP contribution < -0.4 is 20.5 Å². The molecule has 0 aliphatic heterocycles. The van der Waals surface area contributed by atoms with Crippen molar-refractivity contribution in [3.05, 3.63) is 42.1 Å². The smallest absolute Gasteiger partial charge is 0.255 e. The van der Waals surface area contributed by atoms with E-state index in [1.807, 2.05) is 0 Å². The van der Waals surface area contributed by atoms with Gasteiger partial charge in [0.25, 0.3) is 5.91 Å². The molecule has 0 spiro atoms. The van der Waals surface area contributed by atoms with Crippen molar-refractivity contribution in [1.29, 1.82) is 0 Å². The number of pyridine rings is 1. The number of anilines is 2. The number of nitrogens with one attached hydrogen (secondary N) is 1. The number of nitrogens with two attached hydrogens (primary N) is 1. The molecule has 1 aromatic heterocycles. The molecule has 0 bridgehead atoms. The molecule has 0 aliphatic carbocycles. The maximum Gasteiger partial charge on any atom is 0.255 e. The first-order valence-corrected chi connectivity index (χ1v) is 7.47. The van der Waals surface area contributed by atoms with Gasteiger partial charge in [-0.1, -0.05) is 13.3 Å². The van der Waals surface area contributed by atoms with Crippen LogP contribution in [0, 0.1) is 0 Å². The van der Waals surface area contributed by atoms with E-state index >= 15 is 0 Å². The van der Waals surface area contributed by atoms with E-state index in [9.17, 15) is 4.79 Å². The molecule has 0 aliphatic rings. The molecular formula is C17H21N3O3. The number of hydrogen-bond donors (Lipinski definition) is 2. The number of aromatic nitrogens is 1. The molecule has 0 unspecified atom stereocenters. The minimum absolute atomic E-state index is 0.255. The Morgan fingerprint density at radius 1 is 1.26 bits per heavy atom. The van der Waals surface area contributed by atoms with Gasteiger partial charge in [0, 0.05) is 5.56 Å². The number of methoxy groups -OCH3 is 1. The van der Waals surface area contributed by atoms with E-state index in [1.165, 1.54) is 6.20 Å². The molecule has 0 radical (unpaired) electrons. The Labute approximate surface area is 135 Å². The van der Waals surface area contributed by atoms with E-state index in [4.69, 9.17) is 15.2 Å². The molecule has 0 saturated heterocycles. The van der Waals surface area contributed by atoms with Crippen LogP contribution in [0.4, 0.5) is 11.5 Å². The number of amides is 1. The zero-order valence-corrected chi connectivity index (χ0v) is 13.3. The molecular weight excluding hydrogens is 294 g/mol. The predicted molar refractivity (Wildman–Crippen MR) is 90.0 cm³/mol. The summed E-state index contributed by atoms with van der Waals surface area (Å²) in [6, 6.07) is 8.41. The molecule has 1 heterocycles. The lowest BCUT2D eigenvalue weighted by Crippen LogP contribution is -2.12. The van der Waals surface area contributed by atoms with Gasteiger partial charge in [-0.2, -0.15) is 0 Å². The first-order chi connectivity index (χ1) is 11.1. The second kappa shape index (κ2) is 8.03. The molecule has 122 valence electrons. The van der Waals surface area contributed by atoms with Crippen LogP contribution in [0.25, 0.3) is 0 Å². The number of nitrogens with zero attached hydrogens (tertiary/aromatic N) is 1. The molecule has 0 atom stereocenters. The summed E-state index contributed by atoms with van der Waals surface area (Å²) in [4.78, 5) is 16.2. The lowest BCUT2D eigenvalue weighted by Gasteiger charge is -2.12. The van der Waals surface area contributed by atoms with Gasteiger partial charge in [0.1, 0.15) is 5.82 Å². The summed E-state index contributed by atoms with van der Waals surface area (Å²) in [6.07, 6.45) is 3.53. The van der Waals surface area contributed by atoms with Crippen LogP contribution in [0.15, 0.2) is 36.5 Å². The van der Waals surface area contributed by atoms with E-state index in [0.717, 1.165) is 12.8 Å². The van der Waals surface area contributed by atoms with E-state index in [2.05, 4.69) is 17.2 Å². The van der Waals surface area contributed by atoms with Crippen LogP contribution in [-0.4, -0.2) is 24.6 Å². The van der Waals surface area contributed by atoms with E-state index < -0.39 is 0 Å². The van der Waals surface area contributed by atoms with E-state index in [-0.39, 0.29) is 5.91 Å². The molecule has 1 aromatic carbocycles. The second-order valence-electron chi connectivity index (χ2n) is 4.99. The summed E-state index contributed by atoms with van der Waals surface area (Å²) < 4.78 is 11.0. The second-order valence-corrected chi connectivity index (χ2v) is 4.99. The zero-order chi connectivity index (χ0) is 16.7. The summed E-state index contributed by atoms with van der Waals surface area (Å²) in [5, 5.41) is 2.76. The third-order valence-electron chi connectivity index (χ3n) is 3.23. The van der Waals surface area contributed by atoms with Gasteiger partial charge < -0.3 is 20.5 Å². The third-order valence-corrected chi connectivity index (χ3v) is 3.23. The highest BCUT2D eigenvalue weighted by molar-refractivity contribution is 6.04. The van der Waals surface area contributed by atoms with Crippen molar-refractivity contribution >= 4 is 17.4 Å². The van der Waals surface area contributed by atoms with Crippen molar-refractivity contribution in [2.45, 2.75) is 19.8 Å². The Morgan fingerprint density at radius 3 is 2.74 bits per heavy atom. The van der Waals surface area contributed by atoms with E-state index in [0.29, 0.717) is 35.2 Å². The third kappa shape index (κ3) is 4.60. The van der Waals surface area contributed by atoms with Crippen LogP contribution in [0.3, 0.4) is 0 Å².